The van der Waals surface area contributed by atoms with E-state index in [9.17, 15) is 19.8 Å². The van der Waals surface area contributed by atoms with Crippen molar-refractivity contribution in [3.63, 3.8) is 0 Å². The van der Waals surface area contributed by atoms with Crippen molar-refractivity contribution in [1.82, 2.24) is 14.8 Å². The van der Waals surface area contributed by atoms with Gasteiger partial charge < -0.3 is 39.0 Å². The summed E-state index contributed by atoms with van der Waals surface area (Å²) in [7, 11) is 6.15. The van der Waals surface area contributed by atoms with Gasteiger partial charge in [-0.25, -0.2) is 4.79 Å². The number of methoxy groups -OCH3 is 3. The second kappa shape index (κ2) is 13.8. The summed E-state index contributed by atoms with van der Waals surface area (Å²) < 4.78 is 23.9. The maximum Gasteiger partial charge on any atom is 0.344 e. The summed E-state index contributed by atoms with van der Waals surface area (Å²) in [5, 5.41) is 26.3. The van der Waals surface area contributed by atoms with Crippen LogP contribution in [0.3, 0.4) is 0 Å². The summed E-state index contributed by atoms with van der Waals surface area (Å²) in [6.07, 6.45) is 5.94. The van der Waals surface area contributed by atoms with Crippen LogP contribution in [0.2, 0.25) is 0 Å². The van der Waals surface area contributed by atoms with E-state index < -0.39 is 57.5 Å². The van der Waals surface area contributed by atoms with Crippen LogP contribution in [0.25, 0.3) is 10.9 Å². The van der Waals surface area contributed by atoms with Gasteiger partial charge in [-0.15, -0.1) is 0 Å². The molecule has 59 heavy (non-hydrogen) atoms. The highest BCUT2D eigenvalue weighted by Crippen LogP contribution is 2.68. The highest BCUT2D eigenvalue weighted by atomic mass is 16.6. The van der Waals surface area contributed by atoms with Gasteiger partial charge in [-0.3, -0.25) is 19.4 Å². The van der Waals surface area contributed by atoms with Gasteiger partial charge in [-0.1, -0.05) is 44.2 Å². The van der Waals surface area contributed by atoms with E-state index in [-0.39, 0.29) is 12.0 Å². The zero-order valence-electron chi connectivity index (χ0n) is 35.3. The van der Waals surface area contributed by atoms with Crippen LogP contribution < -0.4 is 9.64 Å². The monoisotopic (exact) mass is 810 g/mol. The molecule has 1 aromatic heterocycles. The van der Waals surface area contributed by atoms with E-state index in [0.29, 0.717) is 82.6 Å². The molecule has 10 atom stereocenters. The number of likely N-dealkylation sites (N-methyl/N-ethyl adjacent to an activating group) is 1. The zero-order chi connectivity index (χ0) is 41.9. The van der Waals surface area contributed by atoms with Crippen LogP contribution in [0.1, 0.15) is 75.3 Å². The number of ether oxygens (including phenoxy) is 4. The van der Waals surface area contributed by atoms with Crippen molar-refractivity contribution >= 4 is 34.5 Å². The van der Waals surface area contributed by atoms with E-state index in [0.717, 1.165) is 33.4 Å². The topological polar surface area (TPSA) is 154 Å². The minimum atomic E-state index is -2.30. The lowest BCUT2D eigenvalue weighted by Gasteiger charge is -2.63. The quantitative estimate of drug-likeness (QED) is 0.180. The molecular weight excluding hydrogens is 753 g/mol. The smallest absolute Gasteiger partial charge is 0.344 e. The average molecular weight is 811 g/mol. The number of nitrogens with one attached hydrogen (secondary N) is 1. The van der Waals surface area contributed by atoms with Gasteiger partial charge in [0.25, 0.3) is 0 Å². The molecule has 3 fully saturated rings. The van der Waals surface area contributed by atoms with Crippen LogP contribution >= 0.6 is 0 Å². The van der Waals surface area contributed by atoms with Crippen molar-refractivity contribution in [3.8, 4) is 5.75 Å². The molecule has 6 aliphatic rings. The van der Waals surface area contributed by atoms with E-state index in [4.69, 9.17) is 18.9 Å². The zero-order valence-corrected chi connectivity index (χ0v) is 35.3. The van der Waals surface area contributed by atoms with Crippen molar-refractivity contribution in [2.24, 2.45) is 11.3 Å². The van der Waals surface area contributed by atoms with E-state index >= 15 is 4.79 Å². The lowest BCUT2D eigenvalue weighted by molar-refractivity contribution is -0.228. The third-order valence-electron chi connectivity index (χ3n) is 15.6. The minimum Gasteiger partial charge on any atom is -0.496 e. The van der Waals surface area contributed by atoms with Crippen molar-refractivity contribution in [1.29, 1.82) is 0 Å². The number of rotatable bonds is 7. The maximum absolute atomic E-state index is 15.3. The standard InChI is InChI=1S/C46H58N4O9/c1-8-42(54)23-28-24-45(40(52)57-6,36-30(15-19-49(25-28)26-42)29-13-10-11-14-33(29)47-36)32-21-31-34(22-35(32)56-5)48(4)38-44(31)17-20-50-18-12-16-43(9-2,37(44)50)39(59-27(3)51)46(38,55)41(53)58-7/h10-14,16,21-22,28,37-39,47,54-55H,8-9,15,17-20,23-26H2,1-7H3/t28?,37?,38?,39-,42+,43-,44?,45-,46+/m1/s1. The predicted octanol–water partition coefficient (Wildman–Crippen LogP) is 3.99. The Morgan fingerprint density at radius 3 is 2.41 bits per heavy atom. The number of hydrogen-bond acceptors (Lipinski definition) is 12. The summed E-state index contributed by atoms with van der Waals surface area (Å²) in [5.41, 5.74) is -1.62. The van der Waals surface area contributed by atoms with Gasteiger partial charge in [-0.05, 0) is 74.2 Å². The molecule has 2 bridgehead atoms. The first kappa shape index (κ1) is 40.0. The molecule has 1 saturated carbocycles. The molecule has 2 saturated heterocycles. The van der Waals surface area contributed by atoms with E-state index in [1.807, 2.05) is 50.1 Å². The highest BCUT2D eigenvalue weighted by molar-refractivity contribution is 5.95. The van der Waals surface area contributed by atoms with Gasteiger partial charge in [0.05, 0.1) is 33.0 Å². The Bertz CT molecular complexity index is 2260. The second-order valence-corrected chi connectivity index (χ2v) is 18.2. The largest absolute Gasteiger partial charge is 0.496 e. The van der Waals surface area contributed by atoms with Crippen molar-refractivity contribution in [2.75, 3.05) is 66.0 Å². The van der Waals surface area contributed by atoms with Gasteiger partial charge >= 0.3 is 17.9 Å². The molecule has 13 heteroatoms. The fourth-order valence-corrected chi connectivity index (χ4v) is 13.5. The number of aliphatic hydroxyl groups is 2. The number of H-pyrrole nitrogens is 1. The van der Waals surface area contributed by atoms with Crippen LogP contribution in [0.4, 0.5) is 5.69 Å². The number of hydrogen-bond donors (Lipinski definition) is 3. The molecule has 3 N–H and O–H groups in total. The number of anilines is 1. The van der Waals surface area contributed by atoms with Crippen LogP contribution in [-0.4, -0.2) is 133 Å². The highest BCUT2D eigenvalue weighted by Gasteiger charge is 2.80. The molecular formula is C46H58N4O9. The molecule has 13 nitrogen and oxygen atoms in total. The van der Waals surface area contributed by atoms with Gasteiger partial charge in [0.15, 0.2) is 6.10 Å². The number of para-hydroxylation sites is 1. The first-order valence-corrected chi connectivity index (χ1v) is 21.2. The average Bonchev–Trinajstić information content (AvgIpc) is 3.90. The van der Waals surface area contributed by atoms with Crippen molar-refractivity contribution in [2.45, 2.75) is 99.5 Å². The van der Waals surface area contributed by atoms with Crippen LogP contribution in [0.5, 0.6) is 5.75 Å². The predicted molar refractivity (Wildman–Crippen MR) is 220 cm³/mol. The number of aromatic nitrogens is 1. The number of nitrogens with zero attached hydrogens (tertiary/aromatic N) is 3. The lowest BCUT2D eigenvalue weighted by Crippen LogP contribution is -2.81. The van der Waals surface area contributed by atoms with Crippen molar-refractivity contribution in [3.05, 3.63) is 70.9 Å². The fourth-order valence-electron chi connectivity index (χ4n) is 13.5. The Hall–Kier alpha value is -4.43. The summed E-state index contributed by atoms with van der Waals surface area (Å²) in [6.45, 7) is 8.62. The number of benzene rings is 2. The SMILES string of the molecule is CC[C@]1(O)CC2CN(CCc3c([nH]c4ccccc34)[C@](C(=O)OC)(c3cc4c(cc3OC)N(C)C3C45CCN4CC=C[C@](CC)(C45)[C@@H](OC(C)=O)[C@]3(O)C(=O)OC)C2)C1. The summed E-state index contributed by atoms with van der Waals surface area (Å²) in [4.78, 5) is 53.2. The molecule has 2 aromatic carbocycles. The Kier molecular flexibility index (Phi) is 9.36. The minimum absolute atomic E-state index is 0.0986. The number of aromatic amines is 1. The van der Waals surface area contributed by atoms with E-state index in [1.54, 1.807) is 7.11 Å². The summed E-state index contributed by atoms with van der Waals surface area (Å²) in [5.74, 6) is -1.56. The number of carbonyl (C=O) groups is 3. The normalized spacial score (nSPS) is 37.0. The second-order valence-electron chi connectivity index (χ2n) is 18.2. The molecule has 5 unspecified atom stereocenters. The molecule has 5 aliphatic heterocycles. The van der Waals surface area contributed by atoms with Crippen LogP contribution in [0, 0.1) is 11.3 Å². The lowest BCUT2D eigenvalue weighted by atomic mass is 9.47. The summed E-state index contributed by atoms with van der Waals surface area (Å²) in [6, 6.07) is 11.0. The summed E-state index contributed by atoms with van der Waals surface area (Å²) >= 11 is 0. The van der Waals surface area contributed by atoms with E-state index in [2.05, 4.69) is 39.1 Å². The van der Waals surface area contributed by atoms with Gasteiger partial charge in [0.2, 0.25) is 5.60 Å². The first-order chi connectivity index (χ1) is 28.2. The molecule has 6 heterocycles. The Labute approximate surface area is 345 Å². The van der Waals surface area contributed by atoms with Crippen molar-refractivity contribution < 1.29 is 43.5 Å². The number of carbonyl (C=O) groups excluding carboxylic acids is 3. The van der Waals surface area contributed by atoms with Crippen LogP contribution in [0.15, 0.2) is 48.6 Å². The molecule has 0 radical (unpaired) electrons. The van der Waals surface area contributed by atoms with Gasteiger partial charge in [0.1, 0.15) is 11.2 Å². The Morgan fingerprint density at radius 2 is 1.71 bits per heavy atom. The Morgan fingerprint density at radius 1 is 0.949 bits per heavy atom. The molecule has 1 aliphatic carbocycles. The molecule has 3 aromatic rings. The Balaban J connectivity index is 1.36. The van der Waals surface area contributed by atoms with Crippen LogP contribution in [-0.2, 0) is 45.8 Å². The van der Waals surface area contributed by atoms with Gasteiger partial charge in [0, 0.05) is 90.9 Å². The fraction of sp³-hybridized carbons (Fsp3) is 0.587. The van der Waals surface area contributed by atoms with Gasteiger partial charge in [-0.2, -0.15) is 0 Å². The number of esters is 3. The third-order valence-corrected chi connectivity index (χ3v) is 15.6. The maximum atomic E-state index is 15.3. The van der Waals surface area contributed by atoms with E-state index in [1.165, 1.54) is 21.1 Å². The number of piperidine rings is 1. The number of fused-ring (bicyclic) bond motifs is 6. The molecule has 316 valence electrons. The molecule has 0 amide bonds. The first-order valence-electron chi connectivity index (χ1n) is 21.2. The molecule has 9 rings (SSSR count). The molecule has 1 spiro atoms. The third kappa shape index (κ3) is 5.20.